The number of nitrogens with one attached hydrogen (secondary N) is 1. The molecule has 0 saturated heterocycles. The van der Waals surface area contributed by atoms with Gasteiger partial charge in [-0.15, -0.1) is 0 Å². The second kappa shape index (κ2) is 6.29. The number of aromatic amines is 1. The number of fused-ring (bicyclic) bond motifs is 1. The third kappa shape index (κ3) is 3.74. The Kier molecular flexibility index (Phi) is 4.68. The van der Waals surface area contributed by atoms with E-state index in [1.165, 1.54) is 0 Å². The molecule has 0 radical (unpaired) electrons. The van der Waals surface area contributed by atoms with E-state index >= 15 is 0 Å². The van der Waals surface area contributed by atoms with Crippen LogP contribution in [0, 0.1) is 5.92 Å². The van der Waals surface area contributed by atoms with E-state index in [1.807, 2.05) is 29.3 Å². The van der Waals surface area contributed by atoms with Crippen LogP contribution in [0.5, 0.6) is 0 Å². The maximum Gasteiger partial charge on any atom is 0.317 e. The van der Waals surface area contributed by atoms with Gasteiger partial charge < -0.3 is 10.1 Å². The predicted octanol–water partition coefficient (Wildman–Crippen LogP) is 3.36. The minimum absolute atomic E-state index is 0.0540. The molecule has 108 valence electrons. The summed E-state index contributed by atoms with van der Waals surface area (Å²) in [4.78, 5) is 16.1. The van der Waals surface area contributed by atoms with Crippen LogP contribution in [-0.4, -0.2) is 34.0 Å². The number of carboxylic acid groups (broad SMARTS) is 1. The molecule has 2 N–H and O–H groups in total. The van der Waals surface area contributed by atoms with Crippen LogP contribution in [0.15, 0.2) is 24.4 Å². The monoisotopic (exact) mass is 294 g/mol. The maximum atomic E-state index is 11.0. The number of H-pyrrole nitrogens is 1. The first-order chi connectivity index (χ1) is 9.45. The first kappa shape index (κ1) is 14.9. The minimum Gasteiger partial charge on any atom is -0.480 e. The number of halogens is 1. The molecule has 1 heterocycles. The molecule has 1 aromatic carbocycles. The van der Waals surface area contributed by atoms with E-state index in [0.29, 0.717) is 17.5 Å². The molecule has 0 aliphatic rings. The average Bonchev–Trinajstić information content (AvgIpc) is 2.69. The molecule has 0 saturated carbocycles. The Labute approximate surface area is 123 Å². The van der Waals surface area contributed by atoms with Crippen LogP contribution in [0.1, 0.15) is 19.4 Å². The Morgan fingerprint density at radius 2 is 2.20 bits per heavy atom. The Bertz CT molecular complexity index is 607. The van der Waals surface area contributed by atoms with Crippen LogP contribution >= 0.6 is 11.6 Å². The highest BCUT2D eigenvalue weighted by molar-refractivity contribution is 6.31. The van der Waals surface area contributed by atoms with Crippen molar-refractivity contribution < 1.29 is 9.90 Å². The molecule has 0 atom stereocenters. The van der Waals surface area contributed by atoms with Crippen molar-refractivity contribution in [1.82, 2.24) is 9.88 Å². The normalized spacial score (nSPS) is 11.7. The van der Waals surface area contributed by atoms with Crippen molar-refractivity contribution in [3.63, 3.8) is 0 Å². The molecule has 0 amide bonds. The zero-order chi connectivity index (χ0) is 14.7. The lowest BCUT2D eigenvalue weighted by atomic mass is 10.1. The fourth-order valence-corrected chi connectivity index (χ4v) is 2.60. The summed E-state index contributed by atoms with van der Waals surface area (Å²) < 4.78 is 0. The zero-order valence-electron chi connectivity index (χ0n) is 11.7. The van der Waals surface area contributed by atoms with E-state index in [2.05, 4.69) is 18.8 Å². The Morgan fingerprint density at radius 3 is 2.85 bits per heavy atom. The fraction of sp³-hybridized carbons (Fsp3) is 0.400. The summed E-state index contributed by atoms with van der Waals surface area (Å²) in [6, 6.07) is 5.70. The molecule has 0 spiro atoms. The van der Waals surface area contributed by atoms with Crippen LogP contribution < -0.4 is 0 Å². The zero-order valence-corrected chi connectivity index (χ0v) is 12.4. The lowest BCUT2D eigenvalue weighted by molar-refractivity contribution is -0.138. The molecule has 0 aliphatic carbocycles. The van der Waals surface area contributed by atoms with Crippen molar-refractivity contribution >= 4 is 28.5 Å². The van der Waals surface area contributed by atoms with Crippen LogP contribution in [0.3, 0.4) is 0 Å². The van der Waals surface area contributed by atoms with Gasteiger partial charge >= 0.3 is 5.97 Å². The first-order valence-corrected chi connectivity index (χ1v) is 7.03. The standard InChI is InChI=1S/C15H19ClN2O2/c1-10(2)7-18(9-15(19)20)8-11-6-17-14-5-12(16)3-4-13(11)14/h3-6,10,17H,7-9H2,1-2H3,(H,19,20). The summed E-state index contributed by atoms with van der Waals surface area (Å²) in [5.74, 6) is -0.373. The number of aliphatic carboxylic acids is 1. The summed E-state index contributed by atoms with van der Waals surface area (Å²) in [5, 5.41) is 10.8. The largest absolute Gasteiger partial charge is 0.480 e. The lowest BCUT2D eigenvalue weighted by Gasteiger charge is -2.22. The van der Waals surface area contributed by atoms with E-state index in [-0.39, 0.29) is 6.54 Å². The smallest absolute Gasteiger partial charge is 0.317 e. The highest BCUT2D eigenvalue weighted by Crippen LogP contribution is 2.23. The summed E-state index contributed by atoms with van der Waals surface area (Å²) >= 11 is 5.96. The molecule has 0 bridgehead atoms. The molecule has 4 nitrogen and oxygen atoms in total. The van der Waals surface area contributed by atoms with E-state index in [0.717, 1.165) is 23.0 Å². The molecule has 2 aromatic rings. The topological polar surface area (TPSA) is 56.3 Å². The van der Waals surface area contributed by atoms with Gasteiger partial charge in [-0.05, 0) is 23.6 Å². The Balaban J connectivity index is 2.21. The second-order valence-corrected chi connectivity index (χ2v) is 5.90. The molecule has 1 aromatic heterocycles. The van der Waals surface area contributed by atoms with Crippen LogP contribution in [0.25, 0.3) is 10.9 Å². The molecule has 20 heavy (non-hydrogen) atoms. The third-order valence-electron chi connectivity index (χ3n) is 3.11. The fourth-order valence-electron chi connectivity index (χ4n) is 2.42. The average molecular weight is 295 g/mol. The number of benzene rings is 1. The summed E-state index contributed by atoms with van der Waals surface area (Å²) in [7, 11) is 0. The second-order valence-electron chi connectivity index (χ2n) is 5.46. The number of hydrogen-bond acceptors (Lipinski definition) is 2. The molecular formula is C15H19ClN2O2. The highest BCUT2D eigenvalue weighted by Gasteiger charge is 2.14. The maximum absolute atomic E-state index is 11.0. The summed E-state index contributed by atoms with van der Waals surface area (Å²) in [6.07, 6.45) is 1.93. The van der Waals surface area contributed by atoms with E-state index in [4.69, 9.17) is 16.7 Å². The Morgan fingerprint density at radius 1 is 1.45 bits per heavy atom. The molecule has 2 rings (SSSR count). The van der Waals surface area contributed by atoms with Gasteiger partial charge in [0.15, 0.2) is 0 Å². The van der Waals surface area contributed by atoms with Crippen molar-refractivity contribution in [2.45, 2.75) is 20.4 Å². The third-order valence-corrected chi connectivity index (χ3v) is 3.34. The highest BCUT2D eigenvalue weighted by atomic mass is 35.5. The van der Waals surface area contributed by atoms with Gasteiger partial charge in [0.1, 0.15) is 0 Å². The van der Waals surface area contributed by atoms with Gasteiger partial charge in [-0.2, -0.15) is 0 Å². The van der Waals surface area contributed by atoms with Gasteiger partial charge in [0.05, 0.1) is 6.54 Å². The molecule has 5 heteroatoms. The Hall–Kier alpha value is -1.52. The van der Waals surface area contributed by atoms with Gasteiger partial charge in [0, 0.05) is 35.2 Å². The lowest BCUT2D eigenvalue weighted by Crippen LogP contribution is -2.32. The summed E-state index contributed by atoms with van der Waals surface area (Å²) in [6.45, 7) is 5.60. The first-order valence-electron chi connectivity index (χ1n) is 6.65. The van der Waals surface area contributed by atoms with Crippen molar-refractivity contribution in [3.8, 4) is 0 Å². The number of hydrogen-bond donors (Lipinski definition) is 2. The molecule has 0 unspecified atom stereocenters. The van der Waals surface area contributed by atoms with Gasteiger partial charge in [-0.25, -0.2) is 0 Å². The number of carboxylic acids is 1. The van der Waals surface area contributed by atoms with Crippen molar-refractivity contribution in [2.24, 2.45) is 5.92 Å². The number of aromatic nitrogens is 1. The van der Waals surface area contributed by atoms with Crippen LogP contribution in [0.4, 0.5) is 0 Å². The van der Waals surface area contributed by atoms with Gasteiger partial charge in [0.25, 0.3) is 0 Å². The van der Waals surface area contributed by atoms with Gasteiger partial charge in [-0.1, -0.05) is 31.5 Å². The minimum atomic E-state index is -0.798. The van der Waals surface area contributed by atoms with Crippen LogP contribution in [-0.2, 0) is 11.3 Å². The van der Waals surface area contributed by atoms with Crippen molar-refractivity contribution in [1.29, 1.82) is 0 Å². The quantitative estimate of drug-likeness (QED) is 0.859. The number of carbonyl (C=O) groups is 1. The predicted molar refractivity (Wildman–Crippen MR) is 81.1 cm³/mol. The van der Waals surface area contributed by atoms with Crippen LogP contribution in [0.2, 0.25) is 5.02 Å². The number of rotatable bonds is 6. The van der Waals surface area contributed by atoms with Crippen molar-refractivity contribution in [2.75, 3.05) is 13.1 Å². The molecular weight excluding hydrogens is 276 g/mol. The van der Waals surface area contributed by atoms with Crippen molar-refractivity contribution in [3.05, 3.63) is 35.0 Å². The SMILES string of the molecule is CC(C)CN(CC(=O)O)Cc1c[nH]c2cc(Cl)ccc12. The van der Waals surface area contributed by atoms with Gasteiger partial charge in [-0.3, -0.25) is 9.69 Å². The van der Waals surface area contributed by atoms with E-state index in [9.17, 15) is 4.79 Å². The molecule has 0 aliphatic heterocycles. The van der Waals surface area contributed by atoms with Gasteiger partial charge in [0.2, 0.25) is 0 Å². The number of nitrogens with zero attached hydrogens (tertiary/aromatic N) is 1. The van der Waals surface area contributed by atoms with E-state index in [1.54, 1.807) is 0 Å². The van der Waals surface area contributed by atoms with E-state index < -0.39 is 5.97 Å². The summed E-state index contributed by atoms with van der Waals surface area (Å²) in [5.41, 5.74) is 2.07. The molecule has 0 fully saturated rings.